The first-order valence-corrected chi connectivity index (χ1v) is 28.8. The molecule has 0 aliphatic carbocycles. The minimum Gasteiger partial charge on any atom is -0.391 e. The molecule has 17 nitrogen and oxygen atoms in total. The number of thiazole rings is 1. The Kier molecular flexibility index (Phi) is 18.8. The Hall–Kier alpha value is -6.27. The molecule has 4 fully saturated rings. The summed E-state index contributed by atoms with van der Waals surface area (Å²) < 4.78 is 0. The maximum atomic E-state index is 14.2. The van der Waals surface area contributed by atoms with Gasteiger partial charge in [0.25, 0.3) is 5.91 Å². The first kappa shape index (κ1) is 56.9. The molecule has 0 bridgehead atoms. The minimum atomic E-state index is -0.833. The summed E-state index contributed by atoms with van der Waals surface area (Å²) in [5.74, 6) is -0.626. The zero-order chi connectivity index (χ0) is 55.0. The fraction of sp³-hybridized carbons (Fsp3) is 0.576. The number of aliphatic hydroxyl groups excluding tert-OH is 1. The number of likely N-dealkylation sites (tertiary alicyclic amines) is 2. The predicted octanol–water partition coefficient (Wildman–Crippen LogP) is 7.83. The minimum absolute atomic E-state index is 0.0167. The van der Waals surface area contributed by atoms with E-state index in [9.17, 15) is 33.9 Å². The molecule has 4 saturated heterocycles. The summed E-state index contributed by atoms with van der Waals surface area (Å²) in [4.78, 5) is 104. The number of Topliss-reactive ketones (excluding diaryl/α,β-unsaturated/α-hetero) is 1. The van der Waals surface area contributed by atoms with E-state index in [1.54, 1.807) is 22.4 Å². The molecule has 5 atom stereocenters. The number of nitrogens with two attached hydrogens (primary N) is 1. The van der Waals surface area contributed by atoms with Gasteiger partial charge in [-0.3, -0.25) is 24.0 Å². The zero-order valence-corrected chi connectivity index (χ0v) is 46.9. The van der Waals surface area contributed by atoms with Crippen LogP contribution >= 0.6 is 11.3 Å². The lowest BCUT2D eigenvalue weighted by molar-refractivity contribution is -0.146. The number of urea groups is 1. The van der Waals surface area contributed by atoms with Gasteiger partial charge in [-0.25, -0.2) is 19.7 Å². The van der Waals surface area contributed by atoms with Crippen LogP contribution in [0.4, 0.5) is 10.6 Å². The average Bonchev–Trinajstić information content (AvgIpc) is 4.16. The number of carbonyl (C=O) groups excluding carboxylic acids is 6. The second kappa shape index (κ2) is 25.5. The van der Waals surface area contributed by atoms with Gasteiger partial charge < -0.3 is 40.7 Å². The molecule has 6 heterocycles. The van der Waals surface area contributed by atoms with E-state index in [0.717, 1.165) is 98.3 Å². The Morgan fingerprint density at radius 2 is 1.57 bits per heavy atom. The van der Waals surface area contributed by atoms with Crippen LogP contribution in [0.2, 0.25) is 0 Å². The molecule has 6 amide bonds. The lowest BCUT2D eigenvalue weighted by atomic mass is 9.76. The number of nitrogens with zero attached hydrogens (tertiary/aromatic N) is 8. The van der Waals surface area contributed by atoms with E-state index in [4.69, 9.17) is 10.7 Å². The number of hydrogen-bond donors (Lipinski definition) is 3. The fourth-order valence-electron chi connectivity index (χ4n) is 11.7. The number of aromatic nitrogens is 3. The number of amides is 6. The van der Waals surface area contributed by atoms with Crippen LogP contribution in [0.25, 0.3) is 10.4 Å². The smallest absolute Gasteiger partial charge is 0.320 e. The maximum absolute atomic E-state index is 14.2. The molecule has 4 aliphatic heterocycles. The Morgan fingerprint density at radius 3 is 2.22 bits per heavy atom. The highest BCUT2D eigenvalue weighted by Crippen LogP contribution is 2.35. The van der Waals surface area contributed by atoms with Crippen LogP contribution in [0.1, 0.15) is 162 Å². The van der Waals surface area contributed by atoms with Gasteiger partial charge in [0.1, 0.15) is 23.3 Å². The molecule has 77 heavy (non-hydrogen) atoms. The van der Waals surface area contributed by atoms with Crippen molar-refractivity contribution in [2.45, 2.75) is 155 Å². The van der Waals surface area contributed by atoms with E-state index in [2.05, 4.69) is 44.5 Å². The van der Waals surface area contributed by atoms with Crippen molar-refractivity contribution in [3.05, 3.63) is 94.0 Å². The number of primary amides is 1. The van der Waals surface area contributed by atoms with Crippen LogP contribution < -0.4 is 16.0 Å². The second-order valence-corrected chi connectivity index (χ2v) is 23.9. The van der Waals surface area contributed by atoms with E-state index in [-0.39, 0.29) is 66.7 Å². The summed E-state index contributed by atoms with van der Waals surface area (Å²) >= 11 is 1.58. The summed E-state index contributed by atoms with van der Waals surface area (Å²) in [7, 11) is 1.83. The standard InChI is InChI=1S/C59H80N10O7S/c1-38(41-20-22-44(23-21-41)54-39(2)62-37-77-54)63-56(74)50-33-47(71)36-69(50)57(75)48(59(3,4)5)32-46(70)14-10-8-7-9-11-15-52(72)66-27-24-43(25-28-66)42-18-16-40(17-19-42)31-49-53(55(60)73)61-34-51(64-49)67-26-12-13-45(35-67)68-30-29-65(6)58(68)76/h16-23,34,37-38,43,45,47-48,50,71H,7-15,24-33,35-36H2,1-6H3,(H2,60,73)(H,63,74)/t38-,45+,47+,48+,50-/m0/s1. The third-order valence-corrected chi connectivity index (χ3v) is 17.4. The Bertz CT molecular complexity index is 2720. The van der Waals surface area contributed by atoms with Crippen molar-refractivity contribution in [3.63, 3.8) is 0 Å². The van der Waals surface area contributed by atoms with Gasteiger partial charge in [0.2, 0.25) is 17.7 Å². The van der Waals surface area contributed by atoms with E-state index >= 15 is 0 Å². The number of hydrogen-bond acceptors (Lipinski definition) is 12. The monoisotopic (exact) mass is 1070 g/mol. The maximum Gasteiger partial charge on any atom is 0.320 e. The van der Waals surface area contributed by atoms with E-state index in [1.165, 1.54) is 10.5 Å². The Labute approximate surface area is 458 Å². The molecule has 4 aromatic rings. The average molecular weight is 1070 g/mol. The van der Waals surface area contributed by atoms with Crippen LogP contribution in [0.3, 0.4) is 0 Å². The fourth-order valence-corrected chi connectivity index (χ4v) is 12.5. The number of aryl methyl sites for hydroxylation is 1. The summed E-state index contributed by atoms with van der Waals surface area (Å²) in [6.07, 6.45) is 10.1. The SMILES string of the molecule is Cc1ncsc1-c1ccc([C@H](C)NC(=O)[C@@H]2C[C@@H](O)CN2C(=O)[C@@H](CC(=O)CCCCCCCC(=O)N2CCC(c3ccc(Cc4nc(N5CCC[C@@H](N6CCN(C)C6=O)C5)cnc4C(N)=O)cc3)CC2)C(C)(C)C)cc1. The number of rotatable bonds is 21. The van der Waals surface area contributed by atoms with Gasteiger partial charge in [-0.15, -0.1) is 11.3 Å². The predicted molar refractivity (Wildman–Crippen MR) is 298 cm³/mol. The summed E-state index contributed by atoms with van der Waals surface area (Å²) in [5, 5.41) is 13.8. The topological polar surface area (TPSA) is 216 Å². The number of β-amino-alcohol motifs (C(OH)–C–C–N with tert-alkyl or cyclic N) is 1. The lowest BCUT2D eigenvalue weighted by Gasteiger charge is -2.37. The van der Waals surface area contributed by atoms with Crippen molar-refractivity contribution in [1.82, 2.24) is 39.9 Å². The molecule has 0 unspecified atom stereocenters. The molecule has 0 saturated carbocycles. The number of aliphatic hydroxyl groups is 1. The van der Waals surface area contributed by atoms with Gasteiger partial charge in [0, 0.05) is 90.9 Å². The molecule has 2 aromatic heterocycles. The van der Waals surface area contributed by atoms with E-state index in [0.29, 0.717) is 62.7 Å². The Morgan fingerprint density at radius 1 is 0.870 bits per heavy atom. The first-order valence-electron chi connectivity index (χ1n) is 27.9. The summed E-state index contributed by atoms with van der Waals surface area (Å²) in [5.41, 5.74) is 12.9. The molecular formula is C59H80N10O7S. The highest BCUT2D eigenvalue weighted by molar-refractivity contribution is 7.13. The second-order valence-electron chi connectivity index (χ2n) is 23.0. The molecular weight excluding hydrogens is 993 g/mol. The number of ketones is 1. The number of carbonyl (C=O) groups is 6. The van der Waals surface area contributed by atoms with Crippen LogP contribution in [-0.4, -0.2) is 146 Å². The summed E-state index contributed by atoms with van der Waals surface area (Å²) in [6, 6.07) is 15.4. The molecule has 18 heteroatoms. The number of nitrogens with one attached hydrogen (secondary N) is 1. The molecule has 4 aliphatic rings. The molecule has 4 N–H and O–H groups in total. The lowest BCUT2D eigenvalue weighted by Crippen LogP contribution is -2.50. The number of likely N-dealkylation sites (N-methyl/N-ethyl adjacent to an activating group) is 1. The van der Waals surface area contributed by atoms with Gasteiger partial charge in [0.15, 0.2) is 0 Å². The molecule has 414 valence electrons. The number of benzene rings is 2. The van der Waals surface area contributed by atoms with Gasteiger partial charge in [0.05, 0.1) is 46.2 Å². The number of anilines is 1. The first-order chi connectivity index (χ1) is 36.8. The normalized spacial score (nSPS) is 20.2. The van der Waals surface area contributed by atoms with Crippen molar-refractivity contribution >= 4 is 52.6 Å². The molecule has 0 radical (unpaired) electrons. The van der Waals surface area contributed by atoms with Gasteiger partial charge in [-0.2, -0.15) is 0 Å². The third kappa shape index (κ3) is 14.3. The highest BCUT2D eigenvalue weighted by Gasteiger charge is 2.45. The molecule has 2 aromatic carbocycles. The quantitative estimate of drug-likeness (QED) is 0.0684. The van der Waals surface area contributed by atoms with Crippen LogP contribution in [0, 0.1) is 18.3 Å². The van der Waals surface area contributed by atoms with Crippen LogP contribution in [0.5, 0.6) is 0 Å². The van der Waals surface area contributed by atoms with Crippen LogP contribution in [0.15, 0.2) is 60.2 Å². The summed E-state index contributed by atoms with van der Waals surface area (Å²) in [6.45, 7) is 14.1. The number of unbranched alkanes of at least 4 members (excludes halogenated alkanes) is 4. The van der Waals surface area contributed by atoms with Gasteiger partial charge in [-0.05, 0) is 86.0 Å². The molecule has 0 spiro atoms. The van der Waals surface area contributed by atoms with Gasteiger partial charge in [-0.1, -0.05) is 88.6 Å². The highest BCUT2D eigenvalue weighted by atomic mass is 32.1. The van der Waals surface area contributed by atoms with Gasteiger partial charge >= 0.3 is 6.03 Å². The zero-order valence-electron chi connectivity index (χ0n) is 46.0. The van der Waals surface area contributed by atoms with Crippen molar-refractivity contribution < 1.29 is 33.9 Å². The van der Waals surface area contributed by atoms with Crippen molar-refractivity contribution in [1.29, 1.82) is 0 Å². The number of piperidine rings is 2. The Balaban J connectivity index is 0.727. The largest absolute Gasteiger partial charge is 0.391 e. The van der Waals surface area contributed by atoms with Crippen LogP contribution in [-0.2, 0) is 25.6 Å². The van der Waals surface area contributed by atoms with Crippen molar-refractivity contribution in [2.24, 2.45) is 17.1 Å². The van der Waals surface area contributed by atoms with E-state index < -0.39 is 29.4 Å². The van der Waals surface area contributed by atoms with Crippen molar-refractivity contribution in [3.8, 4) is 10.4 Å². The van der Waals surface area contributed by atoms with E-state index in [1.807, 2.05) is 81.2 Å². The third-order valence-electron chi connectivity index (χ3n) is 16.4. The molecule has 8 rings (SSSR count). The van der Waals surface area contributed by atoms with Crippen molar-refractivity contribution in [2.75, 3.05) is 57.8 Å².